The highest BCUT2D eigenvalue weighted by Crippen LogP contribution is 2.15. The normalized spacial score (nSPS) is 9.07. The minimum absolute atomic E-state index is 0.00741. The van der Waals surface area contributed by atoms with Crippen LogP contribution in [0.3, 0.4) is 0 Å². The summed E-state index contributed by atoms with van der Waals surface area (Å²) in [4.78, 5) is 11.2. The minimum Gasteiger partial charge on any atom is -0.484 e. The Labute approximate surface area is 89.4 Å². The van der Waals surface area contributed by atoms with Gasteiger partial charge >= 0.3 is 0 Å². The zero-order chi connectivity index (χ0) is 11.1. The maximum atomic E-state index is 11.2. The van der Waals surface area contributed by atoms with Crippen LogP contribution in [0.2, 0.25) is 0 Å². The number of aryl methyl sites for hydroxylation is 1. The largest absolute Gasteiger partial charge is 0.484 e. The molecule has 0 radical (unpaired) electrons. The average Bonchev–Trinajstić information content (AvgIpc) is 2.25. The van der Waals surface area contributed by atoms with E-state index in [1.165, 1.54) is 0 Å². The Hall–Kier alpha value is -1.95. The van der Waals surface area contributed by atoms with Crippen LogP contribution in [0.5, 0.6) is 5.75 Å². The highest BCUT2D eigenvalue weighted by atomic mass is 16.5. The Kier molecular flexibility index (Phi) is 4.24. The van der Waals surface area contributed by atoms with Crippen LogP contribution in [-0.2, 0) is 4.79 Å². The fourth-order valence-electron chi connectivity index (χ4n) is 1.06. The summed E-state index contributed by atoms with van der Waals surface area (Å²) in [5.41, 5.74) is 1.00. The van der Waals surface area contributed by atoms with E-state index in [0.29, 0.717) is 5.75 Å². The second kappa shape index (κ2) is 5.71. The molecule has 0 unspecified atom stereocenters. The van der Waals surface area contributed by atoms with Gasteiger partial charge in [0, 0.05) is 0 Å². The van der Waals surface area contributed by atoms with Crippen molar-refractivity contribution < 1.29 is 9.53 Å². The van der Waals surface area contributed by atoms with Crippen molar-refractivity contribution in [1.82, 2.24) is 5.32 Å². The molecule has 0 aromatic heterocycles. The molecule has 0 heterocycles. The number of carbonyl (C=O) groups excluding carboxylic acids is 1. The molecule has 0 bridgehead atoms. The Bertz CT molecular complexity index is 379. The van der Waals surface area contributed by atoms with E-state index in [0.717, 1.165) is 5.56 Å². The number of hydrogen-bond acceptors (Lipinski definition) is 2. The van der Waals surface area contributed by atoms with E-state index in [1.54, 1.807) is 0 Å². The molecule has 0 aliphatic heterocycles. The standard InChI is InChI=1S/C12H13NO2/c1-3-8-13-12(14)9-15-11-7-5-4-6-10(11)2/h1,4-7H,8-9H2,2H3,(H,13,14). The molecule has 0 fully saturated rings. The van der Waals surface area contributed by atoms with E-state index in [1.807, 2.05) is 31.2 Å². The Balaban J connectivity index is 2.41. The van der Waals surface area contributed by atoms with Gasteiger partial charge in [0.2, 0.25) is 0 Å². The number of terminal acetylenes is 1. The summed E-state index contributed by atoms with van der Waals surface area (Å²) in [6.45, 7) is 2.15. The van der Waals surface area contributed by atoms with Gasteiger partial charge in [0.05, 0.1) is 6.54 Å². The molecule has 0 spiro atoms. The van der Waals surface area contributed by atoms with Crippen molar-refractivity contribution in [1.29, 1.82) is 0 Å². The van der Waals surface area contributed by atoms with E-state index in [9.17, 15) is 4.79 Å². The first-order valence-electron chi connectivity index (χ1n) is 4.62. The van der Waals surface area contributed by atoms with Gasteiger partial charge in [-0.1, -0.05) is 24.1 Å². The molecule has 1 amide bonds. The number of para-hydroxylation sites is 1. The molecular formula is C12H13NO2. The van der Waals surface area contributed by atoms with Gasteiger partial charge < -0.3 is 10.1 Å². The lowest BCUT2D eigenvalue weighted by molar-refractivity contribution is -0.122. The zero-order valence-electron chi connectivity index (χ0n) is 8.62. The predicted molar refractivity (Wildman–Crippen MR) is 58.5 cm³/mol. The van der Waals surface area contributed by atoms with E-state index in [-0.39, 0.29) is 19.1 Å². The molecule has 1 N–H and O–H groups in total. The molecule has 0 saturated heterocycles. The summed E-state index contributed by atoms with van der Waals surface area (Å²) in [5.74, 6) is 2.82. The van der Waals surface area contributed by atoms with E-state index >= 15 is 0 Å². The lowest BCUT2D eigenvalue weighted by atomic mass is 10.2. The molecule has 1 rings (SSSR count). The molecule has 0 atom stereocenters. The summed E-state index contributed by atoms with van der Waals surface area (Å²) in [5, 5.41) is 2.52. The fourth-order valence-corrected chi connectivity index (χ4v) is 1.06. The van der Waals surface area contributed by atoms with Crippen LogP contribution < -0.4 is 10.1 Å². The fraction of sp³-hybridized carbons (Fsp3) is 0.250. The molecule has 78 valence electrons. The van der Waals surface area contributed by atoms with Crippen molar-refractivity contribution in [2.24, 2.45) is 0 Å². The maximum absolute atomic E-state index is 11.2. The summed E-state index contributed by atoms with van der Waals surface area (Å²) >= 11 is 0. The van der Waals surface area contributed by atoms with Crippen LogP contribution in [0.1, 0.15) is 5.56 Å². The van der Waals surface area contributed by atoms with Gasteiger partial charge in [0.1, 0.15) is 5.75 Å². The molecule has 1 aromatic carbocycles. The quantitative estimate of drug-likeness (QED) is 0.745. The maximum Gasteiger partial charge on any atom is 0.258 e. The Morgan fingerprint density at radius 3 is 2.93 bits per heavy atom. The van der Waals surface area contributed by atoms with E-state index in [4.69, 9.17) is 11.2 Å². The van der Waals surface area contributed by atoms with Gasteiger partial charge in [-0.3, -0.25) is 4.79 Å². The number of rotatable bonds is 4. The van der Waals surface area contributed by atoms with Crippen molar-refractivity contribution >= 4 is 5.91 Å². The number of benzene rings is 1. The summed E-state index contributed by atoms with van der Waals surface area (Å²) < 4.78 is 5.31. The first-order chi connectivity index (χ1) is 7.24. The molecule has 1 aromatic rings. The average molecular weight is 203 g/mol. The third-order valence-electron chi connectivity index (χ3n) is 1.84. The smallest absolute Gasteiger partial charge is 0.258 e. The predicted octanol–water partition coefficient (Wildman–Crippen LogP) is 1.12. The topological polar surface area (TPSA) is 38.3 Å². The lowest BCUT2D eigenvalue weighted by Gasteiger charge is -2.07. The molecule has 15 heavy (non-hydrogen) atoms. The van der Waals surface area contributed by atoms with Crippen LogP contribution >= 0.6 is 0 Å². The molecule has 0 aliphatic carbocycles. The van der Waals surface area contributed by atoms with E-state index in [2.05, 4.69) is 11.2 Å². The van der Waals surface area contributed by atoms with Crippen molar-refractivity contribution in [3.63, 3.8) is 0 Å². The van der Waals surface area contributed by atoms with Crippen LogP contribution in [0.4, 0.5) is 0 Å². The number of amides is 1. The minimum atomic E-state index is -0.212. The first kappa shape index (κ1) is 11.1. The van der Waals surface area contributed by atoms with Gasteiger partial charge in [-0.2, -0.15) is 0 Å². The van der Waals surface area contributed by atoms with Crippen molar-refractivity contribution in [2.75, 3.05) is 13.2 Å². The Morgan fingerprint density at radius 2 is 2.27 bits per heavy atom. The van der Waals surface area contributed by atoms with Crippen LogP contribution in [0.15, 0.2) is 24.3 Å². The van der Waals surface area contributed by atoms with Gasteiger partial charge in [0.15, 0.2) is 6.61 Å². The first-order valence-corrected chi connectivity index (χ1v) is 4.62. The zero-order valence-corrected chi connectivity index (χ0v) is 8.62. The van der Waals surface area contributed by atoms with Crippen molar-refractivity contribution in [3.8, 4) is 18.1 Å². The van der Waals surface area contributed by atoms with Gasteiger partial charge in [-0.15, -0.1) is 6.42 Å². The van der Waals surface area contributed by atoms with E-state index < -0.39 is 0 Å². The monoisotopic (exact) mass is 203 g/mol. The molecule has 0 aliphatic rings. The third kappa shape index (κ3) is 3.74. The number of nitrogens with one attached hydrogen (secondary N) is 1. The van der Waals surface area contributed by atoms with Crippen LogP contribution in [-0.4, -0.2) is 19.1 Å². The summed E-state index contributed by atoms with van der Waals surface area (Å²) in [6, 6.07) is 7.53. The number of hydrogen-bond donors (Lipinski definition) is 1. The van der Waals surface area contributed by atoms with Gasteiger partial charge in [0.25, 0.3) is 5.91 Å². The molecular weight excluding hydrogens is 190 g/mol. The third-order valence-corrected chi connectivity index (χ3v) is 1.84. The van der Waals surface area contributed by atoms with Crippen LogP contribution in [0.25, 0.3) is 0 Å². The molecule has 3 nitrogen and oxygen atoms in total. The summed E-state index contributed by atoms with van der Waals surface area (Å²) in [6.07, 6.45) is 5.00. The van der Waals surface area contributed by atoms with Crippen molar-refractivity contribution in [3.05, 3.63) is 29.8 Å². The highest BCUT2D eigenvalue weighted by molar-refractivity contribution is 5.77. The summed E-state index contributed by atoms with van der Waals surface area (Å²) in [7, 11) is 0. The molecule has 3 heteroatoms. The SMILES string of the molecule is C#CCNC(=O)COc1ccccc1C. The second-order valence-corrected chi connectivity index (χ2v) is 3.04. The van der Waals surface area contributed by atoms with Gasteiger partial charge in [-0.25, -0.2) is 0 Å². The second-order valence-electron chi connectivity index (χ2n) is 3.04. The lowest BCUT2D eigenvalue weighted by Crippen LogP contribution is -2.29. The van der Waals surface area contributed by atoms with Crippen molar-refractivity contribution in [2.45, 2.75) is 6.92 Å². The number of carbonyl (C=O) groups is 1. The number of ether oxygens (including phenoxy) is 1. The van der Waals surface area contributed by atoms with Gasteiger partial charge in [-0.05, 0) is 18.6 Å². The van der Waals surface area contributed by atoms with Crippen LogP contribution in [0, 0.1) is 19.3 Å². The molecule has 0 saturated carbocycles. The Morgan fingerprint density at radius 1 is 1.53 bits per heavy atom. The highest BCUT2D eigenvalue weighted by Gasteiger charge is 2.02.